The van der Waals surface area contributed by atoms with Crippen molar-refractivity contribution in [2.75, 3.05) is 26.2 Å². The Labute approximate surface area is 108 Å². The van der Waals surface area contributed by atoms with Crippen molar-refractivity contribution in [1.29, 1.82) is 0 Å². The number of urea groups is 1. The predicted molar refractivity (Wildman–Crippen MR) is 69.4 cm³/mol. The summed E-state index contributed by atoms with van der Waals surface area (Å²) in [7, 11) is 0. The van der Waals surface area contributed by atoms with Crippen molar-refractivity contribution in [3.8, 4) is 0 Å². The van der Waals surface area contributed by atoms with Crippen molar-refractivity contribution in [2.45, 2.75) is 26.2 Å². The molecule has 0 aromatic heterocycles. The minimum atomic E-state index is -0.991. The van der Waals surface area contributed by atoms with E-state index < -0.39 is 5.97 Å². The molecule has 5 nitrogen and oxygen atoms in total. The largest absolute Gasteiger partial charge is 0.480 e. The van der Waals surface area contributed by atoms with Crippen LogP contribution in [0.4, 0.5) is 4.79 Å². The fourth-order valence-corrected chi connectivity index (χ4v) is 2.38. The third-order valence-electron chi connectivity index (χ3n) is 3.20. The standard InChI is InChI=1S/C13H22N2O3/c1-3-5-11-6-8-15(9-11)13(18)14(7-4-2)10-12(16)17/h4,11H,2-3,5-10H2,1H3,(H,16,17). The summed E-state index contributed by atoms with van der Waals surface area (Å²) in [4.78, 5) is 26.0. The first-order chi connectivity index (χ1) is 8.58. The van der Waals surface area contributed by atoms with Gasteiger partial charge in [-0.25, -0.2) is 4.79 Å². The van der Waals surface area contributed by atoms with Crippen molar-refractivity contribution in [3.63, 3.8) is 0 Å². The zero-order valence-electron chi connectivity index (χ0n) is 11.0. The molecule has 0 saturated carbocycles. The maximum atomic E-state index is 12.2. The van der Waals surface area contributed by atoms with Crippen LogP contribution in [-0.2, 0) is 4.79 Å². The van der Waals surface area contributed by atoms with Gasteiger partial charge in [0.25, 0.3) is 0 Å². The summed E-state index contributed by atoms with van der Waals surface area (Å²) in [6.45, 7) is 7.19. The number of nitrogens with zero attached hydrogens (tertiary/aromatic N) is 2. The Morgan fingerprint density at radius 3 is 2.83 bits per heavy atom. The molecule has 0 aromatic carbocycles. The number of hydrogen-bond donors (Lipinski definition) is 1. The lowest BCUT2D eigenvalue weighted by Crippen LogP contribution is -2.44. The SMILES string of the molecule is C=CCN(CC(=O)O)C(=O)N1CCC(CCC)C1. The van der Waals surface area contributed by atoms with Crippen LogP contribution in [0.15, 0.2) is 12.7 Å². The van der Waals surface area contributed by atoms with E-state index in [4.69, 9.17) is 5.11 Å². The third kappa shape index (κ3) is 4.05. The molecule has 1 atom stereocenters. The number of amides is 2. The molecule has 1 unspecified atom stereocenters. The first-order valence-corrected chi connectivity index (χ1v) is 6.45. The maximum Gasteiger partial charge on any atom is 0.323 e. The second-order valence-electron chi connectivity index (χ2n) is 4.73. The lowest BCUT2D eigenvalue weighted by atomic mass is 10.0. The normalized spacial score (nSPS) is 18.7. The highest BCUT2D eigenvalue weighted by atomic mass is 16.4. The van der Waals surface area contributed by atoms with E-state index in [0.717, 1.165) is 32.4 Å². The van der Waals surface area contributed by atoms with Crippen molar-refractivity contribution < 1.29 is 14.7 Å². The van der Waals surface area contributed by atoms with Gasteiger partial charge in [0, 0.05) is 19.6 Å². The number of carbonyl (C=O) groups excluding carboxylic acids is 1. The minimum absolute atomic E-state index is 0.184. The van der Waals surface area contributed by atoms with Gasteiger partial charge in [-0.2, -0.15) is 0 Å². The summed E-state index contributed by atoms with van der Waals surface area (Å²) in [5.41, 5.74) is 0. The van der Waals surface area contributed by atoms with Crippen LogP contribution in [0.2, 0.25) is 0 Å². The van der Waals surface area contributed by atoms with Crippen LogP contribution in [-0.4, -0.2) is 53.1 Å². The Hall–Kier alpha value is -1.52. The lowest BCUT2D eigenvalue weighted by Gasteiger charge is -2.25. The Bertz CT molecular complexity index is 317. The van der Waals surface area contributed by atoms with E-state index in [2.05, 4.69) is 13.5 Å². The molecule has 1 aliphatic rings. The molecule has 0 radical (unpaired) electrons. The molecule has 0 spiro atoms. The van der Waals surface area contributed by atoms with Crippen LogP contribution in [0.25, 0.3) is 0 Å². The zero-order valence-corrected chi connectivity index (χ0v) is 11.0. The molecule has 0 aliphatic carbocycles. The zero-order chi connectivity index (χ0) is 13.5. The van der Waals surface area contributed by atoms with Gasteiger partial charge in [-0.3, -0.25) is 4.79 Å². The predicted octanol–water partition coefficient (Wildman–Crippen LogP) is 1.80. The molecule has 1 fully saturated rings. The van der Waals surface area contributed by atoms with Gasteiger partial charge in [0.05, 0.1) is 0 Å². The van der Waals surface area contributed by atoms with Crippen molar-refractivity contribution in [3.05, 3.63) is 12.7 Å². The van der Waals surface area contributed by atoms with Crippen LogP contribution >= 0.6 is 0 Å². The van der Waals surface area contributed by atoms with E-state index in [-0.39, 0.29) is 19.1 Å². The summed E-state index contributed by atoms with van der Waals surface area (Å²) in [5.74, 6) is -0.427. The number of carbonyl (C=O) groups is 2. The topological polar surface area (TPSA) is 60.9 Å². The summed E-state index contributed by atoms with van der Waals surface area (Å²) in [6.07, 6.45) is 4.83. The summed E-state index contributed by atoms with van der Waals surface area (Å²) >= 11 is 0. The molecule has 0 bridgehead atoms. The highest BCUT2D eigenvalue weighted by molar-refractivity contribution is 5.80. The summed E-state index contributed by atoms with van der Waals surface area (Å²) in [6, 6.07) is -0.184. The van der Waals surface area contributed by atoms with Crippen LogP contribution < -0.4 is 0 Å². The first kappa shape index (κ1) is 14.5. The number of hydrogen-bond acceptors (Lipinski definition) is 2. The number of aliphatic carboxylic acids is 1. The van der Waals surface area contributed by atoms with Gasteiger partial charge in [-0.15, -0.1) is 6.58 Å². The molecule has 1 rings (SSSR count). The summed E-state index contributed by atoms with van der Waals surface area (Å²) < 4.78 is 0. The Balaban J connectivity index is 2.55. The average Bonchev–Trinajstić information content (AvgIpc) is 2.76. The van der Waals surface area contributed by atoms with Crippen molar-refractivity contribution in [1.82, 2.24) is 9.80 Å². The smallest absolute Gasteiger partial charge is 0.323 e. The van der Waals surface area contributed by atoms with Gasteiger partial charge in [0.1, 0.15) is 6.54 Å². The van der Waals surface area contributed by atoms with Gasteiger partial charge in [0.15, 0.2) is 0 Å². The van der Waals surface area contributed by atoms with Gasteiger partial charge in [-0.05, 0) is 18.8 Å². The van der Waals surface area contributed by atoms with Crippen LogP contribution in [0.3, 0.4) is 0 Å². The first-order valence-electron chi connectivity index (χ1n) is 6.45. The second-order valence-corrected chi connectivity index (χ2v) is 4.73. The molecule has 1 aliphatic heterocycles. The lowest BCUT2D eigenvalue weighted by molar-refractivity contribution is -0.137. The number of carboxylic acid groups (broad SMARTS) is 1. The second kappa shape index (κ2) is 7.03. The molecule has 5 heteroatoms. The third-order valence-corrected chi connectivity index (χ3v) is 3.20. The van der Waals surface area contributed by atoms with Crippen molar-refractivity contribution >= 4 is 12.0 Å². The van der Waals surface area contributed by atoms with E-state index in [0.29, 0.717) is 5.92 Å². The Morgan fingerprint density at radius 1 is 1.56 bits per heavy atom. The van der Waals surface area contributed by atoms with Crippen LogP contribution in [0.1, 0.15) is 26.2 Å². The van der Waals surface area contributed by atoms with Crippen molar-refractivity contribution in [2.24, 2.45) is 5.92 Å². The number of carboxylic acids is 1. The molecular formula is C13H22N2O3. The van der Waals surface area contributed by atoms with E-state index in [9.17, 15) is 9.59 Å². The highest BCUT2D eigenvalue weighted by Gasteiger charge is 2.29. The molecule has 1 heterocycles. The maximum absolute atomic E-state index is 12.2. The van der Waals surface area contributed by atoms with Crippen LogP contribution in [0.5, 0.6) is 0 Å². The van der Waals surface area contributed by atoms with Crippen LogP contribution in [0, 0.1) is 5.92 Å². The molecule has 1 saturated heterocycles. The quantitative estimate of drug-likeness (QED) is 0.735. The molecular weight excluding hydrogens is 232 g/mol. The fourth-order valence-electron chi connectivity index (χ4n) is 2.38. The molecule has 2 amide bonds. The average molecular weight is 254 g/mol. The van der Waals surface area contributed by atoms with Gasteiger partial charge in [-0.1, -0.05) is 19.4 Å². The molecule has 1 N–H and O–H groups in total. The van der Waals surface area contributed by atoms with Gasteiger partial charge >= 0.3 is 12.0 Å². The van der Waals surface area contributed by atoms with E-state index in [1.165, 1.54) is 4.90 Å². The highest BCUT2D eigenvalue weighted by Crippen LogP contribution is 2.21. The fraction of sp³-hybridized carbons (Fsp3) is 0.692. The molecule has 0 aromatic rings. The summed E-state index contributed by atoms with van der Waals surface area (Å²) in [5, 5.41) is 8.79. The Morgan fingerprint density at radius 2 is 2.28 bits per heavy atom. The number of likely N-dealkylation sites (tertiary alicyclic amines) is 1. The molecule has 102 valence electrons. The minimum Gasteiger partial charge on any atom is -0.480 e. The van der Waals surface area contributed by atoms with Gasteiger partial charge < -0.3 is 14.9 Å². The van der Waals surface area contributed by atoms with E-state index in [1.807, 2.05) is 0 Å². The molecule has 18 heavy (non-hydrogen) atoms. The Kier molecular flexibility index (Phi) is 5.68. The van der Waals surface area contributed by atoms with E-state index in [1.54, 1.807) is 11.0 Å². The van der Waals surface area contributed by atoms with E-state index >= 15 is 0 Å². The number of rotatable bonds is 6. The van der Waals surface area contributed by atoms with Gasteiger partial charge in [0.2, 0.25) is 0 Å². The monoisotopic (exact) mass is 254 g/mol.